The molecule has 0 bridgehead atoms. The molecule has 1 fully saturated rings. The first kappa shape index (κ1) is 25.5. The highest BCUT2D eigenvalue weighted by molar-refractivity contribution is 7.09. The van der Waals surface area contributed by atoms with Crippen molar-refractivity contribution in [2.24, 2.45) is 5.73 Å². The van der Waals surface area contributed by atoms with E-state index in [0.29, 0.717) is 22.0 Å². The summed E-state index contributed by atoms with van der Waals surface area (Å²) in [6.07, 6.45) is 3.82. The molecule has 1 unspecified atom stereocenters. The number of carbonyl (C=O) groups is 3. The number of benzene rings is 2. The van der Waals surface area contributed by atoms with Crippen molar-refractivity contribution in [3.05, 3.63) is 69.7 Å². The Morgan fingerprint density at radius 1 is 1.11 bits per heavy atom. The number of nitrogens with zero attached hydrogens (tertiary/aromatic N) is 2. The van der Waals surface area contributed by atoms with Crippen LogP contribution in [0.2, 0.25) is 5.02 Å². The van der Waals surface area contributed by atoms with Gasteiger partial charge in [0.05, 0.1) is 12.8 Å². The molecule has 0 saturated heterocycles. The van der Waals surface area contributed by atoms with E-state index >= 15 is 0 Å². The molecule has 9 nitrogen and oxygen atoms in total. The van der Waals surface area contributed by atoms with Crippen LogP contribution in [0, 0.1) is 0 Å². The fraction of sp³-hybridized carbons (Fsp3) is 0.280. The predicted octanol–water partition coefficient (Wildman–Crippen LogP) is 3.93. The summed E-state index contributed by atoms with van der Waals surface area (Å²) in [6, 6.07) is 12.4. The molecule has 3 aromatic rings. The van der Waals surface area contributed by atoms with Gasteiger partial charge in [-0.2, -0.15) is 4.37 Å². The lowest BCUT2D eigenvalue weighted by molar-refractivity contribution is -0.123. The molecule has 5 N–H and O–H groups in total. The molecule has 1 saturated carbocycles. The zero-order valence-corrected chi connectivity index (χ0v) is 21.1. The van der Waals surface area contributed by atoms with E-state index in [1.165, 1.54) is 4.90 Å². The molecule has 1 aromatic heterocycles. The number of rotatable bonds is 8. The SMILES string of the molecule is COc1ccc(C(C(=O)NC2CCCC2)N(C(=O)c2snc(C(N)=O)c2N)c2ccc(Cl)cc2)cc1. The number of nitrogen functional groups attached to an aromatic ring is 1. The van der Waals surface area contributed by atoms with Gasteiger partial charge in [0.15, 0.2) is 5.69 Å². The van der Waals surface area contributed by atoms with Crippen molar-refractivity contribution in [2.75, 3.05) is 17.7 Å². The Hall–Kier alpha value is -3.63. The van der Waals surface area contributed by atoms with E-state index in [2.05, 4.69) is 9.69 Å². The van der Waals surface area contributed by atoms with Crippen LogP contribution in [0.3, 0.4) is 0 Å². The molecular weight excluding hydrogens is 502 g/mol. The zero-order valence-electron chi connectivity index (χ0n) is 19.6. The van der Waals surface area contributed by atoms with Gasteiger partial charge in [0.1, 0.15) is 16.7 Å². The number of ether oxygens (including phenoxy) is 1. The van der Waals surface area contributed by atoms with Crippen molar-refractivity contribution >= 4 is 52.2 Å². The quantitative estimate of drug-likeness (QED) is 0.405. The van der Waals surface area contributed by atoms with E-state index in [9.17, 15) is 14.4 Å². The third kappa shape index (κ3) is 5.29. The summed E-state index contributed by atoms with van der Waals surface area (Å²) < 4.78 is 9.24. The van der Waals surface area contributed by atoms with Gasteiger partial charge in [-0.25, -0.2) is 0 Å². The van der Waals surface area contributed by atoms with E-state index in [4.69, 9.17) is 27.8 Å². The number of hydrogen-bond donors (Lipinski definition) is 3. The fourth-order valence-corrected chi connectivity index (χ4v) is 5.15. The highest BCUT2D eigenvalue weighted by Gasteiger charge is 2.37. The van der Waals surface area contributed by atoms with Crippen molar-refractivity contribution in [3.63, 3.8) is 0 Å². The number of nitrogens with one attached hydrogen (secondary N) is 1. The third-order valence-electron chi connectivity index (χ3n) is 6.12. The van der Waals surface area contributed by atoms with E-state index in [1.54, 1.807) is 55.6 Å². The highest BCUT2D eigenvalue weighted by atomic mass is 35.5. The van der Waals surface area contributed by atoms with Crippen molar-refractivity contribution < 1.29 is 19.1 Å². The number of anilines is 2. The predicted molar refractivity (Wildman–Crippen MR) is 139 cm³/mol. The van der Waals surface area contributed by atoms with Gasteiger partial charge >= 0.3 is 0 Å². The second kappa shape index (κ2) is 11.0. The fourth-order valence-electron chi connectivity index (χ4n) is 4.28. The minimum Gasteiger partial charge on any atom is -0.497 e. The summed E-state index contributed by atoms with van der Waals surface area (Å²) >= 11 is 6.86. The summed E-state index contributed by atoms with van der Waals surface area (Å²) in [6.45, 7) is 0. The number of hydrogen-bond acceptors (Lipinski definition) is 7. The standard InChI is InChI=1S/C25H26ClN5O4S/c1-35-18-12-6-14(7-13-18)21(24(33)29-16-4-2-3-5-16)31(17-10-8-15(26)9-11-17)25(34)22-19(27)20(23(28)32)30-36-22/h6-13,16,21H,2-5,27H2,1H3,(H2,28,32)(H,29,33). The molecule has 1 aliphatic rings. The van der Waals surface area contributed by atoms with Gasteiger partial charge in [-0.3, -0.25) is 19.3 Å². The van der Waals surface area contributed by atoms with Crippen LogP contribution in [0.25, 0.3) is 0 Å². The summed E-state index contributed by atoms with van der Waals surface area (Å²) in [5, 5.41) is 3.57. The smallest absolute Gasteiger partial charge is 0.273 e. The summed E-state index contributed by atoms with van der Waals surface area (Å²) in [5.74, 6) is -1.17. The molecule has 188 valence electrons. The maximum atomic E-state index is 14.0. The van der Waals surface area contributed by atoms with Gasteiger partial charge in [-0.05, 0) is 66.3 Å². The lowest BCUT2D eigenvalue weighted by Crippen LogP contribution is -2.46. The van der Waals surface area contributed by atoms with Crippen LogP contribution >= 0.6 is 23.1 Å². The Morgan fingerprint density at radius 2 is 1.75 bits per heavy atom. The molecule has 11 heteroatoms. The monoisotopic (exact) mass is 527 g/mol. The number of nitrogens with two attached hydrogens (primary N) is 2. The highest BCUT2D eigenvalue weighted by Crippen LogP contribution is 2.34. The first-order chi connectivity index (χ1) is 17.3. The van der Waals surface area contributed by atoms with Crippen molar-refractivity contribution in [2.45, 2.75) is 37.8 Å². The average molecular weight is 528 g/mol. The van der Waals surface area contributed by atoms with E-state index in [-0.39, 0.29) is 28.2 Å². The van der Waals surface area contributed by atoms with Gasteiger partial charge in [0, 0.05) is 16.8 Å². The van der Waals surface area contributed by atoms with Gasteiger partial charge in [0.25, 0.3) is 11.8 Å². The first-order valence-electron chi connectivity index (χ1n) is 11.4. The van der Waals surface area contributed by atoms with Crippen LogP contribution in [0.5, 0.6) is 5.75 Å². The topological polar surface area (TPSA) is 141 Å². The summed E-state index contributed by atoms with van der Waals surface area (Å²) in [7, 11) is 1.55. The number of halogens is 1. The summed E-state index contributed by atoms with van der Waals surface area (Å²) in [4.78, 5) is 40.9. The van der Waals surface area contributed by atoms with Crippen LogP contribution in [0.4, 0.5) is 11.4 Å². The maximum absolute atomic E-state index is 14.0. The van der Waals surface area contributed by atoms with E-state index in [1.807, 2.05) is 0 Å². The van der Waals surface area contributed by atoms with Gasteiger partial charge in [-0.1, -0.05) is 36.6 Å². The van der Waals surface area contributed by atoms with Gasteiger partial charge in [-0.15, -0.1) is 0 Å². The van der Waals surface area contributed by atoms with Crippen molar-refractivity contribution in [1.82, 2.24) is 9.69 Å². The molecule has 2 aromatic carbocycles. The van der Waals surface area contributed by atoms with Crippen LogP contribution < -0.4 is 26.4 Å². The molecule has 0 radical (unpaired) electrons. The third-order valence-corrected chi connectivity index (χ3v) is 7.22. The van der Waals surface area contributed by atoms with Crippen molar-refractivity contribution in [3.8, 4) is 5.75 Å². The number of aromatic nitrogens is 1. The minimum atomic E-state index is -1.05. The Balaban J connectivity index is 1.84. The summed E-state index contributed by atoms with van der Waals surface area (Å²) in [5.41, 5.74) is 12.1. The lowest BCUT2D eigenvalue weighted by Gasteiger charge is -2.32. The number of methoxy groups -OCH3 is 1. The van der Waals surface area contributed by atoms with Crippen molar-refractivity contribution in [1.29, 1.82) is 0 Å². The van der Waals surface area contributed by atoms with Crippen LogP contribution in [0.15, 0.2) is 48.5 Å². The Labute approximate surface area is 217 Å². The Bertz CT molecular complexity index is 1260. The number of primary amides is 1. The number of amides is 3. The zero-order chi connectivity index (χ0) is 25.8. The van der Waals surface area contributed by atoms with Crippen LogP contribution in [-0.2, 0) is 4.79 Å². The van der Waals surface area contributed by atoms with Crippen LogP contribution in [-0.4, -0.2) is 35.2 Å². The molecule has 36 heavy (non-hydrogen) atoms. The lowest BCUT2D eigenvalue weighted by atomic mass is 10.0. The van der Waals surface area contributed by atoms with E-state index < -0.39 is 17.9 Å². The largest absolute Gasteiger partial charge is 0.497 e. The average Bonchev–Trinajstić information content (AvgIpc) is 3.52. The first-order valence-corrected chi connectivity index (χ1v) is 12.5. The second-order valence-electron chi connectivity index (χ2n) is 8.46. The molecule has 1 aliphatic carbocycles. The van der Waals surface area contributed by atoms with Gasteiger partial charge in [0.2, 0.25) is 5.91 Å². The minimum absolute atomic E-state index is 0.00549. The van der Waals surface area contributed by atoms with Gasteiger partial charge < -0.3 is 21.5 Å². The molecule has 3 amide bonds. The molecule has 4 rings (SSSR count). The molecule has 0 spiro atoms. The molecule has 0 aliphatic heterocycles. The molecule has 1 heterocycles. The maximum Gasteiger partial charge on any atom is 0.273 e. The molecule has 1 atom stereocenters. The molecular formula is C25H26ClN5O4S. The normalized spacial score (nSPS) is 14.3. The Morgan fingerprint density at radius 3 is 2.31 bits per heavy atom. The second-order valence-corrected chi connectivity index (χ2v) is 9.67. The Kier molecular flexibility index (Phi) is 7.76. The van der Waals surface area contributed by atoms with E-state index in [0.717, 1.165) is 37.2 Å². The number of carbonyl (C=O) groups excluding carboxylic acids is 3. The van der Waals surface area contributed by atoms with Crippen LogP contribution in [0.1, 0.15) is 57.4 Å².